The van der Waals surface area contributed by atoms with Crippen molar-refractivity contribution in [1.82, 2.24) is 0 Å². The van der Waals surface area contributed by atoms with E-state index in [0.717, 1.165) is 16.4 Å². The highest BCUT2D eigenvalue weighted by Crippen LogP contribution is 2.41. The molecule has 0 bridgehead atoms. The van der Waals surface area contributed by atoms with Gasteiger partial charge in [-0.15, -0.1) is 0 Å². The summed E-state index contributed by atoms with van der Waals surface area (Å²) in [5, 5.41) is 2.65. The molecule has 178 valence electrons. The van der Waals surface area contributed by atoms with E-state index < -0.39 is 49.5 Å². The number of sulfonamides is 1. The summed E-state index contributed by atoms with van der Waals surface area (Å²) in [6.07, 6.45) is 1.68. The number of ether oxygens (including phenoxy) is 1. The molecule has 0 atom stereocenters. The summed E-state index contributed by atoms with van der Waals surface area (Å²) in [7, 11) is -4.70. The van der Waals surface area contributed by atoms with Crippen molar-refractivity contribution in [2.24, 2.45) is 11.7 Å². The fourth-order valence-electron chi connectivity index (χ4n) is 3.25. The molecule has 34 heavy (non-hydrogen) atoms. The maximum absolute atomic E-state index is 15.4. The van der Waals surface area contributed by atoms with E-state index in [9.17, 15) is 13.2 Å². The molecule has 0 aliphatic heterocycles. The molecule has 1 amide bonds. The highest BCUT2D eigenvalue weighted by atomic mass is 127. The Morgan fingerprint density at radius 3 is 2.26 bits per heavy atom. The van der Waals surface area contributed by atoms with Crippen LogP contribution in [-0.2, 0) is 10.0 Å². The summed E-state index contributed by atoms with van der Waals surface area (Å²) >= 11 is 2.08. The molecular formula is C23H20F2IN3O4S. The number of para-hydroxylation sites is 1. The van der Waals surface area contributed by atoms with E-state index in [1.807, 2.05) is 0 Å². The molecule has 11 heteroatoms. The Hall–Kier alpha value is -2.93. The summed E-state index contributed by atoms with van der Waals surface area (Å²) in [5.74, 6) is -4.94. The van der Waals surface area contributed by atoms with Crippen molar-refractivity contribution >= 4 is 55.6 Å². The van der Waals surface area contributed by atoms with E-state index in [1.165, 1.54) is 12.1 Å². The minimum Gasteiger partial charge on any atom is -0.491 e. The topological polar surface area (TPSA) is 111 Å². The van der Waals surface area contributed by atoms with Crippen LogP contribution < -0.4 is 20.5 Å². The number of hydrogen-bond donors (Lipinski definition) is 3. The highest BCUT2D eigenvalue weighted by Gasteiger charge is 2.36. The zero-order valence-electron chi connectivity index (χ0n) is 17.6. The number of benzene rings is 3. The Balaban J connectivity index is 1.89. The lowest BCUT2D eigenvalue weighted by atomic mass is 10.1. The van der Waals surface area contributed by atoms with Gasteiger partial charge in [-0.05, 0) is 77.7 Å². The molecule has 0 unspecified atom stereocenters. The van der Waals surface area contributed by atoms with Crippen LogP contribution in [0.2, 0.25) is 0 Å². The number of nitrogens with two attached hydrogens (primary N) is 1. The van der Waals surface area contributed by atoms with Crippen LogP contribution in [0.3, 0.4) is 0 Å². The van der Waals surface area contributed by atoms with Crippen molar-refractivity contribution in [3.05, 3.63) is 75.4 Å². The molecule has 0 saturated heterocycles. The summed E-state index contributed by atoms with van der Waals surface area (Å²) in [6.45, 7) is 0.0299. The van der Waals surface area contributed by atoms with Crippen molar-refractivity contribution in [2.75, 3.05) is 16.6 Å². The van der Waals surface area contributed by atoms with Crippen LogP contribution in [-0.4, -0.2) is 20.9 Å². The minimum atomic E-state index is -4.70. The minimum absolute atomic E-state index is 0.0299. The molecule has 0 spiro atoms. The molecule has 3 aromatic carbocycles. The van der Waals surface area contributed by atoms with Crippen molar-refractivity contribution in [1.29, 1.82) is 0 Å². The fraction of sp³-hybridized carbons (Fsp3) is 0.174. The number of primary amides is 1. The Labute approximate surface area is 208 Å². The monoisotopic (exact) mass is 599 g/mol. The van der Waals surface area contributed by atoms with E-state index in [0.29, 0.717) is 5.69 Å². The van der Waals surface area contributed by atoms with Gasteiger partial charge in [-0.1, -0.05) is 18.2 Å². The molecule has 7 nitrogen and oxygen atoms in total. The first kappa shape index (κ1) is 24.2. The standard InChI is InChI=1S/C23H20F2IN3O4S/c24-18-19(25)22(34(31,32)29-16-4-2-1-3-5-16)21(33-12-13-6-7-13)17(23(27)30)20(18)28-15-10-8-14(26)9-11-15/h1-5,8-11,13,28-29H,6-7,12H2,(H2,27,30). The van der Waals surface area contributed by atoms with Gasteiger partial charge < -0.3 is 15.8 Å². The first-order valence-electron chi connectivity index (χ1n) is 10.3. The van der Waals surface area contributed by atoms with Gasteiger partial charge in [0.1, 0.15) is 5.56 Å². The van der Waals surface area contributed by atoms with E-state index in [2.05, 4.69) is 32.6 Å². The van der Waals surface area contributed by atoms with Crippen LogP contribution in [0.1, 0.15) is 23.2 Å². The predicted octanol–water partition coefficient (Wildman–Crippen LogP) is 5.00. The van der Waals surface area contributed by atoms with E-state index in [1.54, 1.807) is 42.5 Å². The zero-order valence-corrected chi connectivity index (χ0v) is 20.6. The largest absolute Gasteiger partial charge is 0.491 e. The number of nitrogens with one attached hydrogen (secondary N) is 2. The molecule has 1 saturated carbocycles. The zero-order chi connectivity index (χ0) is 24.5. The average molecular weight is 599 g/mol. The summed E-state index contributed by atoms with van der Waals surface area (Å²) in [5.41, 5.74) is 4.80. The second kappa shape index (κ2) is 9.74. The fourth-order valence-corrected chi connectivity index (χ4v) is 4.89. The first-order chi connectivity index (χ1) is 16.2. The smallest absolute Gasteiger partial charge is 0.268 e. The molecule has 0 heterocycles. The van der Waals surface area contributed by atoms with Gasteiger partial charge in [0.15, 0.2) is 22.3 Å². The Morgan fingerprint density at radius 2 is 1.68 bits per heavy atom. The number of anilines is 3. The second-order valence-corrected chi connectivity index (χ2v) is 10.6. The predicted molar refractivity (Wildman–Crippen MR) is 133 cm³/mol. The van der Waals surface area contributed by atoms with Crippen LogP contribution >= 0.6 is 22.6 Å². The molecule has 3 aromatic rings. The second-order valence-electron chi connectivity index (χ2n) is 7.76. The molecular weight excluding hydrogens is 579 g/mol. The molecule has 1 aliphatic carbocycles. The number of halogens is 3. The summed E-state index contributed by atoms with van der Waals surface area (Å²) in [4.78, 5) is 11.3. The van der Waals surface area contributed by atoms with Crippen LogP contribution in [0, 0.1) is 21.1 Å². The third-order valence-electron chi connectivity index (χ3n) is 5.11. The maximum atomic E-state index is 15.4. The number of rotatable bonds is 9. The van der Waals surface area contributed by atoms with Crippen LogP contribution in [0.5, 0.6) is 5.75 Å². The Morgan fingerprint density at radius 1 is 1.03 bits per heavy atom. The van der Waals surface area contributed by atoms with Gasteiger partial charge in [-0.3, -0.25) is 9.52 Å². The van der Waals surface area contributed by atoms with Crippen LogP contribution in [0.4, 0.5) is 25.8 Å². The van der Waals surface area contributed by atoms with Crippen molar-refractivity contribution in [2.45, 2.75) is 17.7 Å². The quantitative estimate of drug-likeness (QED) is 0.300. The third-order valence-corrected chi connectivity index (χ3v) is 7.24. The number of amides is 1. The molecule has 0 aromatic heterocycles. The van der Waals surface area contributed by atoms with Gasteiger partial charge in [0.05, 0.1) is 12.3 Å². The summed E-state index contributed by atoms with van der Waals surface area (Å²) < 4.78 is 65.8. The molecule has 4 N–H and O–H groups in total. The van der Waals surface area contributed by atoms with Crippen molar-refractivity contribution < 1.29 is 26.7 Å². The lowest BCUT2D eigenvalue weighted by Crippen LogP contribution is -2.23. The molecule has 0 radical (unpaired) electrons. The van der Waals surface area contributed by atoms with E-state index in [-0.39, 0.29) is 18.2 Å². The Kier molecular flexibility index (Phi) is 6.94. The van der Waals surface area contributed by atoms with Crippen molar-refractivity contribution in [3.63, 3.8) is 0 Å². The molecule has 4 rings (SSSR count). The van der Waals surface area contributed by atoms with Gasteiger partial charge in [0.25, 0.3) is 15.9 Å². The van der Waals surface area contributed by atoms with Crippen LogP contribution in [0.15, 0.2) is 59.5 Å². The van der Waals surface area contributed by atoms with Gasteiger partial charge in [0.2, 0.25) is 0 Å². The normalized spacial score (nSPS) is 13.4. The van der Waals surface area contributed by atoms with Crippen LogP contribution in [0.25, 0.3) is 0 Å². The summed E-state index contributed by atoms with van der Waals surface area (Å²) in [6, 6.07) is 14.3. The van der Waals surface area contributed by atoms with E-state index >= 15 is 8.78 Å². The van der Waals surface area contributed by atoms with Gasteiger partial charge in [0, 0.05) is 14.9 Å². The highest BCUT2D eigenvalue weighted by molar-refractivity contribution is 14.1. The lowest BCUT2D eigenvalue weighted by molar-refractivity contribution is 0.0995. The van der Waals surface area contributed by atoms with Gasteiger partial charge in [-0.2, -0.15) is 0 Å². The number of hydrogen-bond acceptors (Lipinski definition) is 5. The average Bonchev–Trinajstić information content (AvgIpc) is 3.61. The Bertz CT molecular complexity index is 1330. The third kappa shape index (κ3) is 5.25. The number of carbonyl (C=O) groups is 1. The SMILES string of the molecule is NC(=O)c1c(Nc2ccc(I)cc2)c(F)c(F)c(S(=O)(=O)Nc2ccccc2)c1OCC1CC1. The van der Waals surface area contributed by atoms with Crippen molar-refractivity contribution in [3.8, 4) is 5.75 Å². The van der Waals surface area contributed by atoms with Gasteiger partial charge >= 0.3 is 0 Å². The van der Waals surface area contributed by atoms with Gasteiger partial charge in [-0.25, -0.2) is 17.2 Å². The molecule has 1 fully saturated rings. The first-order valence-corrected chi connectivity index (χ1v) is 12.8. The van der Waals surface area contributed by atoms with E-state index in [4.69, 9.17) is 10.5 Å². The molecule has 1 aliphatic rings. The maximum Gasteiger partial charge on any atom is 0.268 e. The lowest BCUT2D eigenvalue weighted by Gasteiger charge is -2.21. The number of carbonyl (C=O) groups excluding carboxylic acids is 1.